The van der Waals surface area contributed by atoms with Crippen LogP contribution in [0.1, 0.15) is 21.6 Å². The fraction of sp³-hybridized carbons (Fsp3) is 0.125. The summed E-state index contributed by atoms with van der Waals surface area (Å²) in [6.45, 7) is 3.72. The highest BCUT2D eigenvalue weighted by Gasteiger charge is 2.15. The van der Waals surface area contributed by atoms with Crippen molar-refractivity contribution in [2.24, 2.45) is 0 Å². The van der Waals surface area contributed by atoms with Crippen LogP contribution in [-0.4, -0.2) is 25.9 Å². The summed E-state index contributed by atoms with van der Waals surface area (Å²) in [5, 5.41) is 15.6. The van der Waals surface area contributed by atoms with Gasteiger partial charge in [-0.3, -0.25) is 4.79 Å². The molecule has 122 valence electrons. The Kier molecular flexibility index (Phi) is 4.64. The molecule has 0 spiro atoms. The maximum Gasteiger partial charge on any atom is 0.258 e. The summed E-state index contributed by atoms with van der Waals surface area (Å²) in [6.07, 6.45) is 1.58. The summed E-state index contributed by atoms with van der Waals surface area (Å²) < 4.78 is 2.18. The monoisotopic (exact) mass is 405 g/mol. The van der Waals surface area contributed by atoms with Crippen LogP contribution in [-0.2, 0) is 0 Å². The predicted molar refractivity (Wildman–Crippen MR) is 95.7 cm³/mol. The fourth-order valence-corrected chi connectivity index (χ4v) is 2.89. The van der Waals surface area contributed by atoms with Gasteiger partial charge in [-0.25, -0.2) is 0 Å². The Balaban J connectivity index is 1.90. The molecule has 0 bridgehead atoms. The lowest BCUT2D eigenvalue weighted by Crippen LogP contribution is -2.16. The molecule has 24 heavy (non-hydrogen) atoms. The Morgan fingerprint density at radius 1 is 1.21 bits per heavy atom. The van der Waals surface area contributed by atoms with E-state index in [-0.39, 0.29) is 5.91 Å². The number of hydrogen-bond acceptors (Lipinski definition) is 4. The zero-order valence-electron chi connectivity index (χ0n) is 12.9. The molecule has 0 fully saturated rings. The van der Waals surface area contributed by atoms with Gasteiger partial charge in [-0.15, -0.1) is 5.10 Å². The van der Waals surface area contributed by atoms with Crippen LogP contribution in [0.15, 0.2) is 41.0 Å². The van der Waals surface area contributed by atoms with Crippen molar-refractivity contribution in [3.63, 3.8) is 0 Å². The van der Waals surface area contributed by atoms with Crippen molar-refractivity contribution in [3.05, 3.63) is 62.8 Å². The molecular weight excluding hydrogens is 394 g/mol. The molecule has 8 heteroatoms. The number of nitrogens with one attached hydrogen (secondary N) is 1. The van der Waals surface area contributed by atoms with E-state index in [4.69, 9.17) is 11.6 Å². The first-order chi connectivity index (χ1) is 11.5. The normalized spacial score (nSPS) is 10.7. The van der Waals surface area contributed by atoms with Gasteiger partial charge in [-0.1, -0.05) is 11.6 Å². The number of hydrogen-bond donors (Lipinski definition) is 1. The minimum Gasteiger partial charge on any atom is -0.306 e. The highest BCUT2D eigenvalue weighted by molar-refractivity contribution is 9.10. The standard InChI is InChI=1S/C16H13BrClN5O/c1-9-7-12(17)11(8-13(9)18)16(24)20-14-5-6-19-23(14)15-4-3-10(2)21-22-15/h3-8H,1-2H3,(H,20,24). The number of anilines is 1. The van der Waals surface area contributed by atoms with Crippen LogP contribution in [0.2, 0.25) is 5.02 Å². The minimum atomic E-state index is -0.300. The number of carbonyl (C=O) groups is 1. The zero-order valence-corrected chi connectivity index (χ0v) is 15.3. The van der Waals surface area contributed by atoms with Crippen molar-refractivity contribution in [2.45, 2.75) is 13.8 Å². The first-order valence-electron chi connectivity index (χ1n) is 7.07. The van der Waals surface area contributed by atoms with Crippen molar-refractivity contribution in [1.82, 2.24) is 20.0 Å². The van der Waals surface area contributed by atoms with E-state index < -0.39 is 0 Å². The molecule has 1 N–H and O–H groups in total. The first-order valence-corrected chi connectivity index (χ1v) is 8.24. The van der Waals surface area contributed by atoms with Crippen LogP contribution in [0.5, 0.6) is 0 Å². The number of carbonyl (C=O) groups excluding carboxylic acids is 1. The highest BCUT2D eigenvalue weighted by Crippen LogP contribution is 2.26. The van der Waals surface area contributed by atoms with Gasteiger partial charge >= 0.3 is 0 Å². The average Bonchev–Trinajstić information content (AvgIpc) is 2.99. The number of aryl methyl sites for hydroxylation is 2. The second-order valence-corrected chi connectivity index (χ2v) is 6.46. The second kappa shape index (κ2) is 6.70. The summed E-state index contributed by atoms with van der Waals surface area (Å²) in [4.78, 5) is 12.6. The molecule has 0 radical (unpaired) electrons. The van der Waals surface area contributed by atoms with E-state index in [1.165, 1.54) is 4.68 Å². The molecule has 1 amide bonds. The first kappa shape index (κ1) is 16.6. The molecule has 2 aromatic heterocycles. The van der Waals surface area contributed by atoms with Gasteiger partial charge in [0.05, 0.1) is 17.5 Å². The molecule has 0 atom stereocenters. The fourth-order valence-electron chi connectivity index (χ4n) is 2.09. The Morgan fingerprint density at radius 2 is 2.00 bits per heavy atom. The Morgan fingerprint density at radius 3 is 2.71 bits per heavy atom. The lowest BCUT2D eigenvalue weighted by molar-refractivity contribution is 0.102. The number of halogens is 2. The van der Waals surface area contributed by atoms with Crippen molar-refractivity contribution in [1.29, 1.82) is 0 Å². The molecular formula is C16H13BrClN5O. The number of rotatable bonds is 3. The van der Waals surface area contributed by atoms with Gasteiger partial charge in [0.25, 0.3) is 5.91 Å². The number of benzene rings is 1. The van der Waals surface area contributed by atoms with Gasteiger partial charge in [0.1, 0.15) is 5.82 Å². The smallest absolute Gasteiger partial charge is 0.258 e. The molecule has 6 nitrogen and oxygen atoms in total. The van der Waals surface area contributed by atoms with Crippen molar-refractivity contribution < 1.29 is 4.79 Å². The second-order valence-electron chi connectivity index (χ2n) is 5.20. The third kappa shape index (κ3) is 3.32. The molecule has 0 aliphatic heterocycles. The Hall–Kier alpha value is -2.25. The predicted octanol–water partition coefficient (Wildman–Crippen LogP) is 3.95. The number of aromatic nitrogens is 4. The number of nitrogens with zero attached hydrogens (tertiary/aromatic N) is 4. The van der Waals surface area contributed by atoms with Crippen molar-refractivity contribution in [3.8, 4) is 5.82 Å². The maximum atomic E-state index is 12.6. The molecule has 0 aliphatic carbocycles. The molecule has 3 rings (SSSR count). The molecule has 0 saturated carbocycles. The summed E-state index contributed by atoms with van der Waals surface area (Å²) in [5.74, 6) is 0.703. The minimum absolute atomic E-state index is 0.300. The van der Waals surface area contributed by atoms with Crippen molar-refractivity contribution >= 4 is 39.3 Å². The van der Waals surface area contributed by atoms with Crippen LogP contribution in [0.25, 0.3) is 5.82 Å². The van der Waals surface area contributed by atoms with E-state index in [0.29, 0.717) is 26.7 Å². The summed E-state index contributed by atoms with van der Waals surface area (Å²) in [5.41, 5.74) is 2.13. The third-order valence-electron chi connectivity index (χ3n) is 3.38. The number of amides is 1. The van der Waals surface area contributed by atoms with Crippen molar-refractivity contribution in [2.75, 3.05) is 5.32 Å². The van der Waals surface area contributed by atoms with Crippen LogP contribution in [0.4, 0.5) is 5.82 Å². The van der Waals surface area contributed by atoms with Crippen LogP contribution in [0.3, 0.4) is 0 Å². The summed E-state index contributed by atoms with van der Waals surface area (Å²) in [6, 6.07) is 8.72. The maximum absolute atomic E-state index is 12.6. The van der Waals surface area contributed by atoms with Crippen LogP contribution < -0.4 is 5.32 Å². The van der Waals surface area contributed by atoms with Crippen LogP contribution in [0, 0.1) is 13.8 Å². The molecule has 0 saturated heterocycles. The largest absolute Gasteiger partial charge is 0.306 e. The van der Waals surface area contributed by atoms with Gasteiger partial charge in [0.2, 0.25) is 0 Å². The zero-order chi connectivity index (χ0) is 17.3. The molecule has 2 heterocycles. The van der Waals surface area contributed by atoms with Gasteiger partial charge in [-0.2, -0.15) is 14.9 Å². The van der Waals surface area contributed by atoms with Gasteiger partial charge in [-0.05, 0) is 59.6 Å². The topological polar surface area (TPSA) is 72.7 Å². The van der Waals surface area contributed by atoms with Gasteiger partial charge < -0.3 is 5.32 Å². The molecule has 0 aliphatic rings. The van der Waals surface area contributed by atoms with E-state index in [1.807, 2.05) is 19.9 Å². The van der Waals surface area contributed by atoms with E-state index in [2.05, 4.69) is 36.5 Å². The average molecular weight is 407 g/mol. The third-order valence-corrected chi connectivity index (χ3v) is 4.44. The molecule has 1 aromatic carbocycles. The Bertz CT molecular complexity index is 907. The van der Waals surface area contributed by atoms with E-state index in [1.54, 1.807) is 30.5 Å². The summed E-state index contributed by atoms with van der Waals surface area (Å²) in [7, 11) is 0. The SMILES string of the molecule is Cc1ccc(-n2nccc2NC(=O)c2cc(Cl)c(C)cc2Br)nn1. The lowest BCUT2D eigenvalue weighted by Gasteiger charge is -2.10. The quantitative estimate of drug-likeness (QED) is 0.715. The van der Waals surface area contributed by atoms with E-state index >= 15 is 0 Å². The highest BCUT2D eigenvalue weighted by atomic mass is 79.9. The van der Waals surface area contributed by atoms with E-state index in [9.17, 15) is 4.79 Å². The van der Waals surface area contributed by atoms with Crippen LogP contribution >= 0.6 is 27.5 Å². The van der Waals surface area contributed by atoms with Gasteiger partial charge in [0, 0.05) is 15.6 Å². The lowest BCUT2D eigenvalue weighted by atomic mass is 10.1. The van der Waals surface area contributed by atoms with E-state index in [0.717, 1.165) is 11.3 Å². The molecule has 0 unspecified atom stereocenters. The van der Waals surface area contributed by atoms with Gasteiger partial charge in [0.15, 0.2) is 5.82 Å². The summed E-state index contributed by atoms with van der Waals surface area (Å²) >= 11 is 9.51. The Labute approximate surface area is 152 Å². The molecule has 3 aromatic rings.